The van der Waals surface area contributed by atoms with Crippen LogP contribution in [0.25, 0.3) is 0 Å². The maximum absolute atomic E-state index is 13.2. The van der Waals surface area contributed by atoms with Gasteiger partial charge in [0.05, 0.1) is 5.69 Å². The number of halogens is 1. The van der Waals surface area contributed by atoms with E-state index in [2.05, 4.69) is 15.3 Å². The number of carbonyl (C=O) groups excluding carboxylic acids is 1. The smallest absolute Gasteiger partial charge is 0.293 e. The molecule has 0 fully saturated rings. The summed E-state index contributed by atoms with van der Waals surface area (Å²) in [5.41, 5.74) is 0.111. The lowest BCUT2D eigenvalue weighted by Crippen LogP contribution is -2.15. The molecule has 16 heavy (non-hydrogen) atoms. The van der Waals surface area contributed by atoms with Crippen LogP contribution >= 0.6 is 0 Å². The number of carbonyl (C=O) groups is 1. The number of rotatable bonds is 2. The highest BCUT2D eigenvalue weighted by Crippen LogP contribution is 2.12. The predicted molar refractivity (Wildman–Crippen MR) is 56.4 cm³/mol. The Morgan fingerprint density at radius 3 is 2.50 bits per heavy atom. The minimum atomic E-state index is -0.536. The summed E-state index contributed by atoms with van der Waals surface area (Å²) in [5.74, 6) is -1.02. The van der Waals surface area contributed by atoms with Gasteiger partial charge in [-0.1, -0.05) is 12.1 Å². The summed E-state index contributed by atoms with van der Waals surface area (Å²) < 4.78 is 13.2. The summed E-state index contributed by atoms with van der Waals surface area (Å²) in [6, 6.07) is 7.51. The van der Waals surface area contributed by atoms with Gasteiger partial charge in [0.1, 0.15) is 5.82 Å². The monoisotopic (exact) mass is 217 g/mol. The quantitative estimate of drug-likeness (QED) is 0.835. The number of amides is 1. The summed E-state index contributed by atoms with van der Waals surface area (Å²) in [6.07, 6.45) is 2.90. The van der Waals surface area contributed by atoms with Gasteiger partial charge >= 0.3 is 0 Å². The second kappa shape index (κ2) is 4.48. The third-order valence-corrected chi connectivity index (χ3v) is 1.89. The van der Waals surface area contributed by atoms with Crippen molar-refractivity contribution in [1.29, 1.82) is 0 Å². The van der Waals surface area contributed by atoms with Gasteiger partial charge in [-0.15, -0.1) is 0 Å². The number of para-hydroxylation sites is 1. The van der Waals surface area contributed by atoms with Crippen LogP contribution in [0.2, 0.25) is 0 Å². The van der Waals surface area contributed by atoms with Crippen LogP contribution in [-0.4, -0.2) is 15.9 Å². The zero-order valence-corrected chi connectivity index (χ0v) is 8.22. The zero-order valence-electron chi connectivity index (χ0n) is 8.22. The number of hydrogen-bond acceptors (Lipinski definition) is 3. The fourth-order valence-electron chi connectivity index (χ4n) is 1.16. The van der Waals surface area contributed by atoms with E-state index in [-0.39, 0.29) is 11.5 Å². The largest absolute Gasteiger partial charge is 0.317 e. The van der Waals surface area contributed by atoms with Crippen LogP contribution in [0.1, 0.15) is 10.6 Å². The van der Waals surface area contributed by atoms with Gasteiger partial charge in [0, 0.05) is 12.4 Å². The molecule has 1 aromatic heterocycles. The average molecular weight is 217 g/mol. The van der Waals surface area contributed by atoms with Crippen molar-refractivity contribution in [3.63, 3.8) is 0 Å². The first-order valence-corrected chi connectivity index (χ1v) is 4.60. The van der Waals surface area contributed by atoms with Crippen LogP contribution in [0, 0.1) is 5.82 Å². The Bertz CT molecular complexity index is 502. The van der Waals surface area contributed by atoms with Gasteiger partial charge in [-0.3, -0.25) is 4.79 Å². The SMILES string of the molecule is O=C(Nc1ccccc1F)c1ncccn1. The van der Waals surface area contributed by atoms with E-state index >= 15 is 0 Å². The number of aromatic nitrogens is 2. The van der Waals surface area contributed by atoms with Crippen molar-refractivity contribution in [3.8, 4) is 0 Å². The second-order valence-electron chi connectivity index (χ2n) is 3.01. The number of hydrogen-bond donors (Lipinski definition) is 1. The van der Waals surface area contributed by atoms with E-state index in [0.717, 1.165) is 0 Å². The van der Waals surface area contributed by atoms with E-state index in [1.165, 1.54) is 24.5 Å². The third kappa shape index (κ3) is 2.20. The number of nitrogens with one attached hydrogen (secondary N) is 1. The van der Waals surface area contributed by atoms with Crippen LogP contribution in [0.4, 0.5) is 10.1 Å². The Hall–Kier alpha value is -2.30. The zero-order chi connectivity index (χ0) is 11.4. The molecule has 0 unspecified atom stereocenters. The van der Waals surface area contributed by atoms with E-state index in [0.29, 0.717) is 0 Å². The van der Waals surface area contributed by atoms with Crippen LogP contribution in [0.15, 0.2) is 42.7 Å². The van der Waals surface area contributed by atoms with Crippen LogP contribution < -0.4 is 5.32 Å². The molecule has 0 bridgehead atoms. The van der Waals surface area contributed by atoms with Crippen molar-refractivity contribution in [2.24, 2.45) is 0 Å². The third-order valence-electron chi connectivity index (χ3n) is 1.89. The molecule has 1 aromatic carbocycles. The van der Waals surface area contributed by atoms with E-state index in [1.54, 1.807) is 18.2 Å². The Labute approximate surface area is 91.2 Å². The minimum absolute atomic E-state index is 0.00533. The normalized spacial score (nSPS) is 9.81. The minimum Gasteiger partial charge on any atom is -0.317 e. The summed E-state index contributed by atoms with van der Waals surface area (Å²) in [5, 5.41) is 2.39. The summed E-state index contributed by atoms with van der Waals surface area (Å²) in [4.78, 5) is 19.1. The molecule has 80 valence electrons. The number of nitrogens with zero attached hydrogens (tertiary/aromatic N) is 2. The lowest BCUT2D eigenvalue weighted by Gasteiger charge is -2.04. The molecule has 0 spiro atoms. The highest BCUT2D eigenvalue weighted by Gasteiger charge is 2.10. The van der Waals surface area contributed by atoms with Gasteiger partial charge in [0.15, 0.2) is 0 Å². The van der Waals surface area contributed by atoms with Gasteiger partial charge in [0.2, 0.25) is 5.82 Å². The van der Waals surface area contributed by atoms with Gasteiger partial charge in [0.25, 0.3) is 5.91 Å². The maximum atomic E-state index is 13.2. The van der Waals surface area contributed by atoms with Gasteiger partial charge in [-0.05, 0) is 18.2 Å². The number of anilines is 1. The van der Waals surface area contributed by atoms with Gasteiger partial charge < -0.3 is 5.32 Å². The fraction of sp³-hybridized carbons (Fsp3) is 0. The van der Waals surface area contributed by atoms with Crippen molar-refractivity contribution < 1.29 is 9.18 Å². The molecule has 2 rings (SSSR count). The second-order valence-corrected chi connectivity index (χ2v) is 3.01. The molecule has 2 aromatic rings. The molecule has 0 aliphatic carbocycles. The fourth-order valence-corrected chi connectivity index (χ4v) is 1.16. The lowest BCUT2D eigenvalue weighted by atomic mass is 10.3. The molecule has 1 heterocycles. The summed E-state index contributed by atoms with van der Waals surface area (Å²) in [7, 11) is 0. The molecule has 0 saturated heterocycles. The molecule has 0 saturated carbocycles. The van der Waals surface area contributed by atoms with Crippen molar-refractivity contribution in [2.45, 2.75) is 0 Å². The molecule has 1 amide bonds. The Balaban J connectivity index is 2.18. The van der Waals surface area contributed by atoms with Crippen molar-refractivity contribution in [3.05, 3.63) is 54.4 Å². The van der Waals surface area contributed by atoms with Crippen LogP contribution in [0.5, 0.6) is 0 Å². The van der Waals surface area contributed by atoms with E-state index in [4.69, 9.17) is 0 Å². The molecule has 0 aliphatic rings. The first-order chi connectivity index (χ1) is 7.77. The topological polar surface area (TPSA) is 54.9 Å². The molecule has 1 N–H and O–H groups in total. The Kier molecular flexibility index (Phi) is 2.86. The van der Waals surface area contributed by atoms with E-state index in [9.17, 15) is 9.18 Å². The maximum Gasteiger partial charge on any atom is 0.293 e. The molecule has 0 aliphatic heterocycles. The lowest BCUT2D eigenvalue weighted by molar-refractivity contribution is 0.101. The molecule has 0 atom stereocenters. The standard InChI is InChI=1S/C11H8FN3O/c12-8-4-1-2-5-9(8)15-11(16)10-13-6-3-7-14-10/h1-7H,(H,15,16). The summed E-state index contributed by atoms with van der Waals surface area (Å²) >= 11 is 0. The van der Waals surface area contributed by atoms with E-state index in [1.807, 2.05) is 0 Å². The Morgan fingerprint density at radius 2 is 1.81 bits per heavy atom. The molecular weight excluding hydrogens is 209 g/mol. The van der Waals surface area contributed by atoms with Crippen LogP contribution in [0.3, 0.4) is 0 Å². The van der Waals surface area contributed by atoms with Gasteiger partial charge in [-0.2, -0.15) is 0 Å². The molecule has 4 nitrogen and oxygen atoms in total. The van der Waals surface area contributed by atoms with Crippen molar-refractivity contribution in [2.75, 3.05) is 5.32 Å². The van der Waals surface area contributed by atoms with Gasteiger partial charge in [-0.25, -0.2) is 14.4 Å². The summed E-state index contributed by atoms with van der Waals surface area (Å²) in [6.45, 7) is 0. The first-order valence-electron chi connectivity index (χ1n) is 4.60. The predicted octanol–water partition coefficient (Wildman–Crippen LogP) is 1.87. The number of benzene rings is 1. The average Bonchev–Trinajstić information content (AvgIpc) is 2.33. The van der Waals surface area contributed by atoms with Crippen LogP contribution in [-0.2, 0) is 0 Å². The van der Waals surface area contributed by atoms with Crippen molar-refractivity contribution in [1.82, 2.24) is 9.97 Å². The van der Waals surface area contributed by atoms with E-state index < -0.39 is 11.7 Å². The molecule has 5 heteroatoms. The molecular formula is C11H8FN3O. The highest BCUT2D eigenvalue weighted by atomic mass is 19.1. The highest BCUT2D eigenvalue weighted by molar-refractivity contribution is 6.01. The van der Waals surface area contributed by atoms with Crippen molar-refractivity contribution >= 4 is 11.6 Å². The molecule has 0 radical (unpaired) electrons. The Morgan fingerprint density at radius 1 is 1.12 bits per heavy atom. The first kappa shape index (κ1) is 10.2.